The summed E-state index contributed by atoms with van der Waals surface area (Å²) in [4.78, 5) is 21.6. The molecule has 0 atom stereocenters. The van der Waals surface area contributed by atoms with Gasteiger partial charge in [0.2, 0.25) is 0 Å². The first-order valence-corrected chi connectivity index (χ1v) is 5.52. The number of benzene rings is 1. The van der Waals surface area contributed by atoms with Gasteiger partial charge in [0.15, 0.2) is 0 Å². The predicted molar refractivity (Wildman–Crippen MR) is 65.0 cm³/mol. The summed E-state index contributed by atoms with van der Waals surface area (Å²) in [5, 5.41) is 10.7. The fourth-order valence-electron chi connectivity index (χ4n) is 1.38. The van der Waals surface area contributed by atoms with Crippen LogP contribution in [-0.2, 0) is 4.74 Å². The molecular weight excluding hydrogens is 278 g/mol. The van der Waals surface area contributed by atoms with Crippen molar-refractivity contribution in [2.45, 2.75) is 13.3 Å². The van der Waals surface area contributed by atoms with Crippen molar-refractivity contribution in [1.29, 1.82) is 0 Å². The highest BCUT2D eigenvalue weighted by Crippen LogP contribution is 2.31. The molecule has 0 aliphatic heterocycles. The number of carbonyl (C=O) groups excluding carboxylic acids is 1. The molecule has 0 radical (unpaired) electrons. The quantitative estimate of drug-likeness (QED) is 0.372. The minimum Gasteiger partial charge on any atom is -0.487 e. The minimum absolute atomic E-state index is 0.0191. The molecule has 7 nitrogen and oxygen atoms in total. The molecule has 9 heteroatoms. The number of rotatable bonds is 6. The molecule has 0 aromatic heterocycles. The average molecular weight is 290 g/mol. The number of hydrogen-bond donors (Lipinski definition) is 1. The van der Waals surface area contributed by atoms with Gasteiger partial charge in [0.05, 0.1) is 11.5 Å². The molecule has 0 unspecified atom stereocenters. The van der Waals surface area contributed by atoms with Crippen LogP contribution in [-0.4, -0.2) is 30.5 Å². The molecule has 0 aliphatic carbocycles. The Kier molecular flexibility index (Phi) is 5.18. The van der Waals surface area contributed by atoms with Crippen molar-refractivity contribution < 1.29 is 28.0 Å². The van der Waals surface area contributed by atoms with Crippen LogP contribution in [0.3, 0.4) is 0 Å². The highest BCUT2D eigenvalue weighted by atomic mass is 19.3. The zero-order valence-corrected chi connectivity index (χ0v) is 10.5. The van der Waals surface area contributed by atoms with Crippen molar-refractivity contribution in [3.05, 3.63) is 27.8 Å². The lowest BCUT2D eigenvalue weighted by atomic mass is 10.1. The Morgan fingerprint density at radius 2 is 2.15 bits per heavy atom. The van der Waals surface area contributed by atoms with Gasteiger partial charge in [0, 0.05) is 12.1 Å². The van der Waals surface area contributed by atoms with Gasteiger partial charge in [-0.15, -0.1) is 0 Å². The topological polar surface area (TPSA) is 105 Å². The second-order valence-corrected chi connectivity index (χ2v) is 3.59. The smallest absolute Gasteiger partial charge is 0.342 e. The summed E-state index contributed by atoms with van der Waals surface area (Å²) in [6.07, 6.45) is -2.76. The van der Waals surface area contributed by atoms with Crippen molar-refractivity contribution in [2.75, 3.05) is 18.9 Å². The molecule has 0 aliphatic rings. The van der Waals surface area contributed by atoms with Crippen molar-refractivity contribution in [3.8, 4) is 5.75 Å². The molecular formula is C11H12F2N2O5. The Labute approximate surface area is 112 Å². The highest BCUT2D eigenvalue weighted by Gasteiger charge is 2.23. The van der Waals surface area contributed by atoms with Gasteiger partial charge in [0.1, 0.15) is 23.6 Å². The number of alkyl halides is 2. The maximum absolute atomic E-state index is 12.1. The number of nitrogens with zero attached hydrogens (tertiary/aromatic N) is 1. The fourth-order valence-corrected chi connectivity index (χ4v) is 1.38. The molecule has 0 amide bonds. The first-order chi connectivity index (χ1) is 9.36. The fraction of sp³-hybridized carbons (Fsp3) is 0.364. The maximum Gasteiger partial charge on any atom is 0.342 e. The van der Waals surface area contributed by atoms with Crippen LogP contribution in [0, 0.1) is 10.1 Å². The molecule has 0 bridgehead atoms. The Morgan fingerprint density at radius 1 is 1.50 bits per heavy atom. The molecule has 1 aromatic carbocycles. The zero-order valence-electron chi connectivity index (χ0n) is 10.5. The second kappa shape index (κ2) is 6.64. The summed E-state index contributed by atoms with van der Waals surface area (Å²) >= 11 is 0. The van der Waals surface area contributed by atoms with Gasteiger partial charge in [-0.1, -0.05) is 0 Å². The summed E-state index contributed by atoms with van der Waals surface area (Å²) in [5.41, 5.74) is 4.26. The summed E-state index contributed by atoms with van der Waals surface area (Å²) in [7, 11) is 0. The summed E-state index contributed by atoms with van der Waals surface area (Å²) in [6.45, 7) is 0.582. The molecule has 0 spiro atoms. The molecule has 110 valence electrons. The Morgan fingerprint density at radius 3 is 2.65 bits per heavy atom. The number of hydrogen-bond acceptors (Lipinski definition) is 6. The van der Waals surface area contributed by atoms with Crippen LogP contribution in [0.4, 0.5) is 20.2 Å². The molecule has 0 heterocycles. The van der Waals surface area contributed by atoms with Crippen molar-refractivity contribution in [1.82, 2.24) is 0 Å². The summed E-state index contributed by atoms with van der Waals surface area (Å²) in [5.74, 6) is -1.20. The second-order valence-electron chi connectivity index (χ2n) is 3.59. The van der Waals surface area contributed by atoms with Gasteiger partial charge in [-0.2, -0.15) is 0 Å². The number of nitrogens with two attached hydrogens (primary N) is 1. The lowest BCUT2D eigenvalue weighted by Gasteiger charge is -2.11. The van der Waals surface area contributed by atoms with Gasteiger partial charge in [-0.05, 0) is 6.92 Å². The standard InChI is InChI=1S/C11H12F2N2O5/c1-2-19-11(16)6-3-8(15(17)18)7(14)4-9(6)20-5-10(12)13/h3-4,10H,2,5,14H2,1H3. The van der Waals surface area contributed by atoms with E-state index in [4.69, 9.17) is 10.5 Å². The van der Waals surface area contributed by atoms with Crippen LogP contribution in [0.15, 0.2) is 12.1 Å². The third-order valence-electron chi connectivity index (χ3n) is 2.19. The number of anilines is 1. The monoisotopic (exact) mass is 290 g/mol. The van der Waals surface area contributed by atoms with E-state index in [0.717, 1.165) is 12.1 Å². The van der Waals surface area contributed by atoms with Gasteiger partial charge >= 0.3 is 5.97 Å². The minimum atomic E-state index is -2.76. The molecule has 0 fully saturated rings. The predicted octanol–water partition coefficient (Wildman–Crippen LogP) is 2.00. The van der Waals surface area contributed by atoms with E-state index in [1.165, 1.54) is 6.92 Å². The Bertz CT molecular complexity index is 522. The van der Waals surface area contributed by atoms with E-state index in [0.29, 0.717) is 0 Å². The average Bonchev–Trinajstić information content (AvgIpc) is 2.35. The number of nitro benzene ring substituents is 1. The van der Waals surface area contributed by atoms with Crippen LogP contribution in [0.5, 0.6) is 5.75 Å². The molecule has 2 N–H and O–H groups in total. The van der Waals surface area contributed by atoms with Crippen LogP contribution < -0.4 is 10.5 Å². The maximum atomic E-state index is 12.1. The molecule has 20 heavy (non-hydrogen) atoms. The SMILES string of the molecule is CCOC(=O)c1cc([N+](=O)[O-])c(N)cc1OCC(F)F. The van der Waals surface area contributed by atoms with E-state index in [1.54, 1.807) is 0 Å². The Hall–Kier alpha value is -2.45. The lowest BCUT2D eigenvalue weighted by Crippen LogP contribution is -2.13. The normalized spacial score (nSPS) is 10.4. The van der Waals surface area contributed by atoms with Crippen LogP contribution in [0.1, 0.15) is 17.3 Å². The third kappa shape index (κ3) is 3.77. The number of nitro groups is 1. The van der Waals surface area contributed by atoms with E-state index in [9.17, 15) is 23.7 Å². The van der Waals surface area contributed by atoms with Crippen molar-refractivity contribution >= 4 is 17.3 Å². The number of esters is 1. The number of ether oxygens (including phenoxy) is 2. The zero-order chi connectivity index (χ0) is 15.3. The summed E-state index contributed by atoms with van der Waals surface area (Å²) < 4.78 is 33.7. The summed E-state index contributed by atoms with van der Waals surface area (Å²) in [6, 6.07) is 1.79. The van der Waals surface area contributed by atoms with Crippen molar-refractivity contribution in [3.63, 3.8) is 0 Å². The van der Waals surface area contributed by atoms with Gasteiger partial charge in [0.25, 0.3) is 12.1 Å². The Balaban J connectivity index is 3.22. The first kappa shape index (κ1) is 15.6. The van der Waals surface area contributed by atoms with E-state index < -0.39 is 29.6 Å². The first-order valence-electron chi connectivity index (χ1n) is 5.52. The largest absolute Gasteiger partial charge is 0.487 e. The van der Waals surface area contributed by atoms with Gasteiger partial charge < -0.3 is 15.2 Å². The van der Waals surface area contributed by atoms with Crippen LogP contribution in [0.25, 0.3) is 0 Å². The highest BCUT2D eigenvalue weighted by molar-refractivity contribution is 5.94. The number of nitrogen functional groups attached to an aromatic ring is 1. The van der Waals surface area contributed by atoms with Gasteiger partial charge in [-0.25, -0.2) is 13.6 Å². The van der Waals surface area contributed by atoms with Crippen LogP contribution >= 0.6 is 0 Å². The van der Waals surface area contributed by atoms with E-state index in [1.807, 2.05) is 0 Å². The van der Waals surface area contributed by atoms with E-state index >= 15 is 0 Å². The molecule has 1 aromatic rings. The van der Waals surface area contributed by atoms with E-state index in [-0.39, 0.29) is 23.6 Å². The molecule has 0 saturated heterocycles. The lowest BCUT2D eigenvalue weighted by molar-refractivity contribution is -0.383. The molecule has 0 saturated carbocycles. The molecule has 1 rings (SSSR count). The van der Waals surface area contributed by atoms with Crippen molar-refractivity contribution in [2.24, 2.45) is 0 Å². The van der Waals surface area contributed by atoms with Crippen LogP contribution in [0.2, 0.25) is 0 Å². The van der Waals surface area contributed by atoms with Gasteiger partial charge in [-0.3, -0.25) is 10.1 Å². The third-order valence-corrected chi connectivity index (χ3v) is 2.19. The number of halogens is 2. The number of carbonyl (C=O) groups is 1. The van der Waals surface area contributed by atoms with E-state index in [2.05, 4.69) is 4.74 Å².